The number of sulfonamides is 1. The van der Waals surface area contributed by atoms with Gasteiger partial charge in [-0.15, -0.1) is 0 Å². The first kappa shape index (κ1) is 20.2. The van der Waals surface area contributed by atoms with Crippen molar-refractivity contribution in [2.45, 2.75) is 11.1 Å². The number of anilines is 1. The Labute approximate surface area is 162 Å². The number of aromatic amines is 1. The molecule has 0 unspecified atom stereocenters. The number of amides is 1. The SMILES string of the molecule is O=C(Nc1ccc(S(=O)(=O)NCC(F)(F)F)cc1)c1[nH]c2ccccc2c1Cl. The first-order valence-electron chi connectivity index (χ1n) is 7.81. The number of carbonyl (C=O) groups is 1. The first-order valence-corrected chi connectivity index (χ1v) is 9.67. The van der Waals surface area contributed by atoms with E-state index in [1.54, 1.807) is 24.3 Å². The molecule has 148 valence electrons. The van der Waals surface area contributed by atoms with Crippen molar-refractivity contribution >= 4 is 44.1 Å². The highest BCUT2D eigenvalue weighted by atomic mass is 35.5. The molecule has 1 aromatic heterocycles. The highest BCUT2D eigenvalue weighted by Crippen LogP contribution is 2.28. The normalized spacial score (nSPS) is 12.3. The number of halogens is 4. The van der Waals surface area contributed by atoms with Gasteiger partial charge in [-0.05, 0) is 30.3 Å². The van der Waals surface area contributed by atoms with Crippen LogP contribution in [-0.4, -0.2) is 32.0 Å². The van der Waals surface area contributed by atoms with E-state index in [4.69, 9.17) is 11.6 Å². The van der Waals surface area contributed by atoms with Crippen molar-refractivity contribution in [2.75, 3.05) is 11.9 Å². The minimum Gasteiger partial charge on any atom is -0.349 e. The Balaban J connectivity index is 1.75. The van der Waals surface area contributed by atoms with Crippen molar-refractivity contribution in [3.8, 4) is 0 Å². The lowest BCUT2D eigenvalue weighted by molar-refractivity contribution is -0.121. The van der Waals surface area contributed by atoms with Crippen molar-refractivity contribution in [3.63, 3.8) is 0 Å². The van der Waals surface area contributed by atoms with Crippen LogP contribution in [0.3, 0.4) is 0 Å². The minimum absolute atomic E-state index is 0.131. The van der Waals surface area contributed by atoms with Crippen LogP contribution in [-0.2, 0) is 10.0 Å². The van der Waals surface area contributed by atoms with E-state index < -0.39 is 28.7 Å². The maximum Gasteiger partial charge on any atom is 0.402 e. The van der Waals surface area contributed by atoms with Gasteiger partial charge in [0.15, 0.2) is 0 Å². The lowest BCUT2D eigenvalue weighted by atomic mass is 10.2. The van der Waals surface area contributed by atoms with Crippen LogP contribution >= 0.6 is 11.6 Å². The molecule has 0 aliphatic heterocycles. The maximum absolute atomic E-state index is 12.4. The molecule has 0 radical (unpaired) electrons. The van der Waals surface area contributed by atoms with Gasteiger partial charge in [-0.1, -0.05) is 29.8 Å². The minimum atomic E-state index is -4.67. The average molecular weight is 432 g/mol. The van der Waals surface area contributed by atoms with Crippen molar-refractivity contribution in [2.24, 2.45) is 0 Å². The Hall–Kier alpha value is -2.56. The summed E-state index contributed by atoms with van der Waals surface area (Å²) in [6.07, 6.45) is -4.67. The standard InChI is InChI=1S/C17H13ClF3N3O3S/c18-14-12-3-1-2-4-13(12)24-15(14)16(25)23-10-5-7-11(8-6-10)28(26,27)22-9-17(19,20)21/h1-8,22,24H,9H2,(H,23,25). The molecule has 6 nitrogen and oxygen atoms in total. The maximum atomic E-state index is 12.4. The quantitative estimate of drug-likeness (QED) is 0.572. The van der Waals surface area contributed by atoms with E-state index in [1.165, 1.54) is 16.9 Å². The molecule has 0 aliphatic rings. The molecule has 1 amide bonds. The fourth-order valence-corrected chi connectivity index (χ4v) is 3.75. The second-order valence-electron chi connectivity index (χ2n) is 5.78. The summed E-state index contributed by atoms with van der Waals surface area (Å²) in [5.41, 5.74) is 1.05. The Morgan fingerprint density at radius 1 is 1.07 bits per heavy atom. The van der Waals surface area contributed by atoms with E-state index in [1.807, 2.05) is 0 Å². The van der Waals surface area contributed by atoms with Crippen LogP contribution in [0.5, 0.6) is 0 Å². The van der Waals surface area contributed by atoms with Crippen LogP contribution in [0.15, 0.2) is 53.4 Å². The van der Waals surface area contributed by atoms with E-state index >= 15 is 0 Å². The third-order valence-electron chi connectivity index (χ3n) is 3.75. The molecule has 0 saturated heterocycles. The summed E-state index contributed by atoms with van der Waals surface area (Å²) in [5, 5.41) is 3.46. The number of aromatic nitrogens is 1. The first-order chi connectivity index (χ1) is 13.1. The van der Waals surface area contributed by atoms with Gasteiger partial charge in [0.2, 0.25) is 10.0 Å². The highest BCUT2D eigenvalue weighted by molar-refractivity contribution is 7.89. The molecule has 0 aliphatic carbocycles. The Kier molecular flexibility index (Phi) is 5.37. The van der Waals surface area contributed by atoms with Crippen LogP contribution in [0.1, 0.15) is 10.5 Å². The number of alkyl halides is 3. The van der Waals surface area contributed by atoms with E-state index in [2.05, 4.69) is 10.3 Å². The van der Waals surface area contributed by atoms with Gasteiger partial charge < -0.3 is 10.3 Å². The Bertz CT molecular complexity index is 1130. The summed E-state index contributed by atoms with van der Waals surface area (Å²) in [7, 11) is -4.32. The highest BCUT2D eigenvalue weighted by Gasteiger charge is 2.30. The molecule has 0 fully saturated rings. The molecule has 1 heterocycles. The zero-order valence-corrected chi connectivity index (χ0v) is 15.5. The number of fused-ring (bicyclic) bond motifs is 1. The number of H-pyrrole nitrogens is 1. The molecule has 11 heteroatoms. The predicted molar refractivity (Wildman–Crippen MR) is 98.9 cm³/mol. The van der Waals surface area contributed by atoms with Gasteiger partial charge in [-0.25, -0.2) is 13.1 Å². The molecular formula is C17H13ClF3N3O3S. The summed E-state index contributed by atoms with van der Waals surface area (Å²) < 4.78 is 61.8. The number of carbonyl (C=O) groups excluding carboxylic acids is 1. The molecule has 0 atom stereocenters. The van der Waals surface area contributed by atoms with Gasteiger partial charge in [0.25, 0.3) is 5.91 Å². The smallest absolute Gasteiger partial charge is 0.349 e. The summed E-state index contributed by atoms with van der Waals surface area (Å²) >= 11 is 6.20. The topological polar surface area (TPSA) is 91.1 Å². The molecule has 0 spiro atoms. The van der Waals surface area contributed by atoms with Crippen molar-refractivity contribution in [3.05, 3.63) is 59.2 Å². The van der Waals surface area contributed by atoms with Crippen LogP contribution in [0.4, 0.5) is 18.9 Å². The number of nitrogens with one attached hydrogen (secondary N) is 3. The molecule has 0 saturated carbocycles. The molecule has 2 aromatic carbocycles. The third-order valence-corrected chi connectivity index (χ3v) is 5.56. The van der Waals surface area contributed by atoms with Crippen molar-refractivity contribution in [1.29, 1.82) is 0 Å². The number of para-hydroxylation sites is 1. The monoisotopic (exact) mass is 431 g/mol. The van der Waals surface area contributed by atoms with Crippen molar-refractivity contribution < 1.29 is 26.4 Å². The van der Waals surface area contributed by atoms with Crippen LogP contribution < -0.4 is 10.0 Å². The molecule has 3 N–H and O–H groups in total. The van der Waals surface area contributed by atoms with Gasteiger partial charge in [0.1, 0.15) is 12.2 Å². The predicted octanol–water partition coefficient (Wildman–Crippen LogP) is 3.91. The van der Waals surface area contributed by atoms with Crippen LogP contribution in [0.25, 0.3) is 10.9 Å². The average Bonchev–Trinajstić information content (AvgIpc) is 2.97. The summed E-state index contributed by atoms with van der Waals surface area (Å²) in [6, 6.07) is 11.7. The fraction of sp³-hybridized carbons (Fsp3) is 0.118. The van der Waals surface area contributed by atoms with E-state index in [0.717, 1.165) is 12.1 Å². The third kappa shape index (κ3) is 4.46. The molecule has 0 bridgehead atoms. The second kappa shape index (κ2) is 7.46. The van der Waals surface area contributed by atoms with Crippen molar-refractivity contribution in [1.82, 2.24) is 9.71 Å². The summed E-state index contributed by atoms with van der Waals surface area (Å²) in [6.45, 7) is -1.67. The molecular weight excluding hydrogens is 419 g/mol. The zero-order valence-electron chi connectivity index (χ0n) is 14.0. The second-order valence-corrected chi connectivity index (χ2v) is 7.92. The van der Waals surface area contributed by atoms with Gasteiger partial charge >= 0.3 is 6.18 Å². The largest absolute Gasteiger partial charge is 0.402 e. The van der Waals surface area contributed by atoms with E-state index in [9.17, 15) is 26.4 Å². The van der Waals surface area contributed by atoms with Gasteiger partial charge in [-0.2, -0.15) is 13.2 Å². The molecule has 28 heavy (non-hydrogen) atoms. The lowest BCUT2D eigenvalue weighted by Crippen LogP contribution is -2.33. The number of hydrogen-bond acceptors (Lipinski definition) is 3. The van der Waals surface area contributed by atoms with Crippen LogP contribution in [0.2, 0.25) is 5.02 Å². The number of rotatable bonds is 5. The lowest BCUT2D eigenvalue weighted by Gasteiger charge is -2.10. The molecule has 3 rings (SSSR count). The van der Waals surface area contributed by atoms with Gasteiger partial charge in [0, 0.05) is 16.6 Å². The molecule has 3 aromatic rings. The number of hydrogen-bond donors (Lipinski definition) is 3. The van der Waals surface area contributed by atoms with Gasteiger partial charge in [0.05, 0.1) is 9.92 Å². The Morgan fingerprint density at radius 2 is 1.71 bits per heavy atom. The summed E-state index contributed by atoms with van der Waals surface area (Å²) in [5.74, 6) is -0.549. The van der Waals surface area contributed by atoms with Gasteiger partial charge in [-0.3, -0.25) is 4.79 Å². The van der Waals surface area contributed by atoms with E-state index in [0.29, 0.717) is 10.9 Å². The fourth-order valence-electron chi connectivity index (χ4n) is 2.44. The number of benzene rings is 2. The zero-order chi connectivity index (χ0) is 20.5. The van der Waals surface area contributed by atoms with Crippen LogP contribution in [0, 0.1) is 0 Å². The summed E-state index contributed by atoms with van der Waals surface area (Å²) in [4.78, 5) is 14.9. The Morgan fingerprint density at radius 3 is 2.32 bits per heavy atom. The van der Waals surface area contributed by atoms with E-state index in [-0.39, 0.29) is 21.3 Å².